The molecule has 9 heteroatoms. The Morgan fingerprint density at radius 2 is 1.64 bits per heavy atom. The van der Waals surface area contributed by atoms with Crippen LogP contribution in [0.25, 0.3) is 56.0 Å². The van der Waals surface area contributed by atoms with Gasteiger partial charge in [-0.25, -0.2) is 19.3 Å². The Bertz CT molecular complexity index is 1930. The molecule has 188 valence electrons. The summed E-state index contributed by atoms with van der Waals surface area (Å²) in [5, 5.41) is 8.28. The summed E-state index contributed by atoms with van der Waals surface area (Å²) in [7, 11) is 0. The quantitative estimate of drug-likeness (QED) is 0.269. The fourth-order valence-corrected chi connectivity index (χ4v) is 4.52. The number of benzene rings is 2. The monoisotopic (exact) mass is 513 g/mol. The van der Waals surface area contributed by atoms with Crippen molar-refractivity contribution in [3.63, 3.8) is 0 Å². The van der Waals surface area contributed by atoms with Crippen molar-refractivity contribution in [2.45, 2.75) is 6.61 Å². The van der Waals surface area contributed by atoms with Crippen molar-refractivity contribution in [1.29, 1.82) is 0 Å². The van der Waals surface area contributed by atoms with Gasteiger partial charge in [-0.3, -0.25) is 10.1 Å². The van der Waals surface area contributed by atoms with Crippen LogP contribution >= 0.6 is 0 Å². The summed E-state index contributed by atoms with van der Waals surface area (Å²) < 4.78 is 19.4. The van der Waals surface area contributed by atoms with E-state index in [2.05, 4.69) is 30.1 Å². The number of nitrogens with zero attached hydrogens (tertiary/aromatic N) is 5. The number of H-pyrrole nitrogens is 2. The smallest absolute Gasteiger partial charge is 0.161 e. The molecule has 5 aromatic heterocycles. The van der Waals surface area contributed by atoms with Gasteiger partial charge in [0, 0.05) is 35.3 Å². The highest BCUT2D eigenvalue weighted by molar-refractivity contribution is 5.96. The highest BCUT2D eigenvalue weighted by Crippen LogP contribution is 2.32. The number of nitrogens with one attached hydrogen (secondary N) is 2. The highest BCUT2D eigenvalue weighted by Gasteiger charge is 2.17. The minimum atomic E-state index is -0.290. The van der Waals surface area contributed by atoms with Crippen molar-refractivity contribution >= 4 is 22.2 Å². The van der Waals surface area contributed by atoms with Crippen molar-refractivity contribution in [2.24, 2.45) is 0 Å². The van der Waals surface area contributed by atoms with Crippen LogP contribution in [0, 0.1) is 5.82 Å². The Balaban J connectivity index is 1.24. The van der Waals surface area contributed by atoms with Gasteiger partial charge >= 0.3 is 0 Å². The molecule has 0 aliphatic rings. The Labute approximate surface area is 221 Å². The third-order valence-electron chi connectivity index (χ3n) is 6.48. The zero-order valence-corrected chi connectivity index (χ0v) is 20.5. The van der Waals surface area contributed by atoms with Gasteiger partial charge in [0.2, 0.25) is 0 Å². The summed E-state index contributed by atoms with van der Waals surface area (Å²) in [6, 6.07) is 22.1. The van der Waals surface area contributed by atoms with E-state index >= 15 is 0 Å². The van der Waals surface area contributed by atoms with Crippen LogP contribution in [0.2, 0.25) is 0 Å². The minimum absolute atomic E-state index is 0.290. The molecular weight excluding hydrogens is 493 g/mol. The number of fused-ring (bicyclic) bond motifs is 2. The molecule has 0 fully saturated rings. The van der Waals surface area contributed by atoms with E-state index in [-0.39, 0.29) is 5.82 Å². The van der Waals surface area contributed by atoms with E-state index in [1.165, 1.54) is 12.1 Å². The molecule has 5 heterocycles. The lowest BCUT2D eigenvalue weighted by Crippen LogP contribution is -1.96. The average molecular weight is 514 g/mol. The number of ether oxygens (including phenoxy) is 1. The summed E-state index contributed by atoms with van der Waals surface area (Å²) in [5.41, 5.74) is 7.04. The second kappa shape index (κ2) is 9.46. The number of pyridine rings is 3. The predicted molar refractivity (Wildman–Crippen MR) is 146 cm³/mol. The van der Waals surface area contributed by atoms with Gasteiger partial charge in [-0.15, -0.1) is 0 Å². The number of halogens is 1. The first kappa shape index (κ1) is 22.7. The molecule has 2 aromatic carbocycles. The molecule has 0 bridgehead atoms. The van der Waals surface area contributed by atoms with Crippen LogP contribution < -0.4 is 4.74 Å². The fourth-order valence-electron chi connectivity index (χ4n) is 4.52. The zero-order valence-electron chi connectivity index (χ0n) is 20.5. The maximum Gasteiger partial charge on any atom is 0.161 e. The first-order chi connectivity index (χ1) is 19.2. The molecule has 7 rings (SSSR count). The second-order valence-corrected chi connectivity index (χ2v) is 9.02. The van der Waals surface area contributed by atoms with Crippen molar-refractivity contribution in [1.82, 2.24) is 35.1 Å². The number of imidazole rings is 1. The van der Waals surface area contributed by atoms with Gasteiger partial charge in [0.1, 0.15) is 29.4 Å². The van der Waals surface area contributed by atoms with Crippen molar-refractivity contribution in [3.05, 3.63) is 109 Å². The number of rotatable bonds is 6. The van der Waals surface area contributed by atoms with Crippen LogP contribution in [-0.2, 0) is 6.61 Å². The highest BCUT2D eigenvalue weighted by atomic mass is 19.1. The fraction of sp³-hybridized carbons (Fsp3) is 0.0333. The van der Waals surface area contributed by atoms with E-state index in [1.54, 1.807) is 36.9 Å². The van der Waals surface area contributed by atoms with Gasteiger partial charge in [-0.2, -0.15) is 5.10 Å². The van der Waals surface area contributed by atoms with E-state index in [0.29, 0.717) is 40.7 Å². The third-order valence-corrected chi connectivity index (χ3v) is 6.48. The molecule has 0 radical (unpaired) electrons. The van der Waals surface area contributed by atoms with Gasteiger partial charge in [-0.1, -0.05) is 42.5 Å². The second-order valence-electron chi connectivity index (χ2n) is 9.02. The van der Waals surface area contributed by atoms with E-state index < -0.39 is 0 Å². The maximum absolute atomic E-state index is 13.5. The summed E-state index contributed by atoms with van der Waals surface area (Å²) in [6.45, 7) is 0.454. The van der Waals surface area contributed by atoms with Gasteiger partial charge < -0.3 is 9.72 Å². The summed E-state index contributed by atoms with van der Waals surface area (Å²) in [6.07, 6.45) is 6.94. The van der Waals surface area contributed by atoms with Gasteiger partial charge in [0.05, 0.1) is 11.6 Å². The van der Waals surface area contributed by atoms with Crippen LogP contribution in [0.4, 0.5) is 4.39 Å². The first-order valence-corrected chi connectivity index (χ1v) is 12.3. The Hall–Kier alpha value is -5.44. The van der Waals surface area contributed by atoms with Crippen LogP contribution in [0.15, 0.2) is 97.6 Å². The number of hydrogen-bond acceptors (Lipinski definition) is 6. The molecule has 0 aliphatic carbocycles. The Morgan fingerprint density at radius 3 is 2.51 bits per heavy atom. The predicted octanol–water partition coefficient (Wildman–Crippen LogP) is 6.34. The lowest BCUT2D eigenvalue weighted by molar-refractivity contribution is 0.305. The van der Waals surface area contributed by atoms with Crippen molar-refractivity contribution in [3.8, 4) is 39.5 Å². The molecule has 39 heavy (non-hydrogen) atoms. The number of hydrogen-bond donors (Lipinski definition) is 2. The number of aromatic nitrogens is 7. The molecule has 0 amide bonds. The molecule has 7 aromatic rings. The average Bonchev–Trinajstić information content (AvgIpc) is 3.61. The zero-order chi connectivity index (χ0) is 26.2. The molecule has 0 spiro atoms. The number of aromatic amines is 2. The van der Waals surface area contributed by atoms with Gasteiger partial charge in [0.15, 0.2) is 17.1 Å². The summed E-state index contributed by atoms with van der Waals surface area (Å²) in [5.74, 6) is 0.928. The normalized spacial score (nSPS) is 11.3. The maximum atomic E-state index is 13.5. The van der Waals surface area contributed by atoms with Crippen molar-refractivity contribution < 1.29 is 9.13 Å². The SMILES string of the molecule is Fc1ccc(-c2ccnc3[nH]c(-c4n[nH]c5ncc(-c6cncc(OCc7ccccc7)c6)cc45)nc23)cc1. The Kier molecular flexibility index (Phi) is 5.51. The summed E-state index contributed by atoms with van der Waals surface area (Å²) >= 11 is 0. The molecule has 0 saturated carbocycles. The summed E-state index contributed by atoms with van der Waals surface area (Å²) in [4.78, 5) is 21.5. The molecular formula is C30H20FN7O. The molecule has 2 N–H and O–H groups in total. The third kappa shape index (κ3) is 4.36. The lowest BCUT2D eigenvalue weighted by Gasteiger charge is -2.08. The van der Waals surface area contributed by atoms with Gasteiger partial charge in [-0.05, 0) is 41.5 Å². The molecule has 0 aliphatic heterocycles. The van der Waals surface area contributed by atoms with Crippen LogP contribution in [0.3, 0.4) is 0 Å². The van der Waals surface area contributed by atoms with Crippen molar-refractivity contribution in [2.75, 3.05) is 0 Å². The van der Waals surface area contributed by atoms with E-state index in [1.807, 2.05) is 48.5 Å². The van der Waals surface area contributed by atoms with Gasteiger partial charge in [0.25, 0.3) is 0 Å². The Morgan fingerprint density at radius 1 is 0.795 bits per heavy atom. The molecule has 0 atom stereocenters. The van der Waals surface area contributed by atoms with E-state index in [9.17, 15) is 4.39 Å². The van der Waals surface area contributed by atoms with Crippen LogP contribution in [-0.4, -0.2) is 35.1 Å². The first-order valence-electron chi connectivity index (χ1n) is 12.3. The van der Waals surface area contributed by atoms with E-state index in [4.69, 9.17) is 9.72 Å². The van der Waals surface area contributed by atoms with Crippen LogP contribution in [0.1, 0.15) is 5.56 Å². The standard InChI is InChI=1S/C30H20FN7O/c31-22-8-6-19(7-9-22)24-10-11-33-29-26(24)35-30(36-29)27-25-13-21(15-34-28(25)38-37-27)20-12-23(16-32-14-20)39-17-18-4-2-1-3-5-18/h1-16H,17H2,(H,33,35,36)(H,34,37,38). The minimum Gasteiger partial charge on any atom is -0.487 e. The van der Waals surface area contributed by atoms with Crippen LogP contribution in [0.5, 0.6) is 5.75 Å². The molecule has 0 saturated heterocycles. The lowest BCUT2D eigenvalue weighted by atomic mass is 10.1. The van der Waals surface area contributed by atoms with E-state index in [0.717, 1.165) is 33.2 Å². The molecule has 0 unspecified atom stereocenters. The molecule has 8 nitrogen and oxygen atoms in total. The largest absolute Gasteiger partial charge is 0.487 e. The topological polar surface area (TPSA) is 105 Å².